The van der Waals surface area contributed by atoms with E-state index in [1.165, 1.54) is 9.13 Å². The van der Waals surface area contributed by atoms with Crippen LogP contribution in [0.2, 0.25) is 0 Å². The van der Waals surface area contributed by atoms with E-state index in [1.54, 1.807) is 7.05 Å². The first-order chi connectivity index (χ1) is 13.8. The molecule has 4 rings (SSSR count). The molecule has 0 atom stereocenters. The van der Waals surface area contributed by atoms with Crippen LogP contribution in [0.4, 0.5) is 0 Å². The average Bonchev–Trinajstić information content (AvgIpc) is 3.19. The third-order valence-electron chi connectivity index (χ3n) is 5.71. The molecule has 0 spiro atoms. The molecule has 7 heteroatoms. The van der Waals surface area contributed by atoms with Crippen LogP contribution in [0.25, 0.3) is 16.9 Å². The van der Waals surface area contributed by atoms with E-state index in [4.69, 9.17) is 0 Å². The van der Waals surface area contributed by atoms with Gasteiger partial charge in [-0.3, -0.25) is 18.3 Å². The number of hydrogen-bond donors (Lipinski definition) is 0. The van der Waals surface area contributed by atoms with Crippen LogP contribution >= 0.6 is 0 Å². The van der Waals surface area contributed by atoms with E-state index in [1.807, 2.05) is 49.6 Å². The SMILES string of the molecule is CCCCn1c(C)cn2c3c(=O)n(Cc4cc(C)ccc4C)c(=O)n(C)c3nc12. The summed E-state index contributed by atoms with van der Waals surface area (Å²) >= 11 is 0. The number of nitrogens with zero attached hydrogens (tertiary/aromatic N) is 5. The number of aryl methyl sites for hydroxylation is 5. The Hall–Kier alpha value is -3.09. The molecular weight excluding hydrogens is 366 g/mol. The van der Waals surface area contributed by atoms with Crippen molar-refractivity contribution >= 4 is 16.9 Å². The molecule has 0 aliphatic rings. The van der Waals surface area contributed by atoms with Crippen LogP contribution < -0.4 is 11.2 Å². The molecule has 29 heavy (non-hydrogen) atoms. The van der Waals surface area contributed by atoms with Gasteiger partial charge in [0.1, 0.15) is 0 Å². The van der Waals surface area contributed by atoms with Crippen molar-refractivity contribution in [1.82, 2.24) is 23.1 Å². The van der Waals surface area contributed by atoms with Crippen LogP contribution in [0.15, 0.2) is 34.0 Å². The Balaban J connectivity index is 1.98. The molecular formula is C22H27N5O2. The van der Waals surface area contributed by atoms with Crippen molar-refractivity contribution < 1.29 is 0 Å². The van der Waals surface area contributed by atoms with Gasteiger partial charge in [0, 0.05) is 25.5 Å². The molecule has 1 aromatic carbocycles. The molecule has 3 aromatic heterocycles. The fourth-order valence-corrected chi connectivity index (χ4v) is 3.93. The third-order valence-corrected chi connectivity index (χ3v) is 5.71. The fraction of sp³-hybridized carbons (Fsp3) is 0.409. The van der Waals surface area contributed by atoms with Crippen LogP contribution in [-0.2, 0) is 20.1 Å². The Kier molecular flexibility index (Phi) is 4.68. The molecule has 0 fully saturated rings. The van der Waals surface area contributed by atoms with Crippen LogP contribution in [-0.4, -0.2) is 23.1 Å². The Labute approximate surface area is 168 Å². The predicted molar refractivity (Wildman–Crippen MR) is 115 cm³/mol. The molecule has 0 saturated heterocycles. The second-order valence-corrected chi connectivity index (χ2v) is 7.89. The smallest absolute Gasteiger partial charge is 0.314 e. The lowest BCUT2D eigenvalue weighted by atomic mass is 10.1. The number of fused-ring (bicyclic) bond motifs is 3. The molecule has 0 N–H and O–H groups in total. The van der Waals surface area contributed by atoms with Crippen LogP contribution in [0.3, 0.4) is 0 Å². The highest BCUT2D eigenvalue weighted by molar-refractivity contribution is 5.75. The molecule has 0 bridgehead atoms. The zero-order valence-electron chi connectivity index (χ0n) is 17.7. The van der Waals surface area contributed by atoms with Crippen molar-refractivity contribution in [1.29, 1.82) is 0 Å². The van der Waals surface area contributed by atoms with Crippen molar-refractivity contribution in [3.63, 3.8) is 0 Å². The van der Waals surface area contributed by atoms with Gasteiger partial charge in [0.25, 0.3) is 5.56 Å². The number of benzene rings is 1. The first-order valence-electron chi connectivity index (χ1n) is 10.1. The first kappa shape index (κ1) is 19.2. The minimum absolute atomic E-state index is 0.248. The summed E-state index contributed by atoms with van der Waals surface area (Å²) in [5, 5.41) is 0. The lowest BCUT2D eigenvalue weighted by Gasteiger charge is -2.11. The molecule has 152 valence electrons. The van der Waals surface area contributed by atoms with Gasteiger partial charge in [0.05, 0.1) is 6.54 Å². The monoisotopic (exact) mass is 393 g/mol. The van der Waals surface area contributed by atoms with E-state index in [-0.39, 0.29) is 17.8 Å². The highest BCUT2D eigenvalue weighted by atomic mass is 16.2. The highest BCUT2D eigenvalue weighted by Gasteiger charge is 2.20. The van der Waals surface area contributed by atoms with Crippen molar-refractivity contribution in [2.24, 2.45) is 7.05 Å². The number of rotatable bonds is 5. The maximum atomic E-state index is 13.4. The van der Waals surface area contributed by atoms with Gasteiger partial charge in [0.15, 0.2) is 11.2 Å². The second kappa shape index (κ2) is 7.06. The maximum Gasteiger partial charge on any atom is 0.332 e. The zero-order chi connectivity index (χ0) is 20.9. The van der Waals surface area contributed by atoms with Gasteiger partial charge in [-0.05, 0) is 38.3 Å². The van der Waals surface area contributed by atoms with Gasteiger partial charge in [-0.1, -0.05) is 37.1 Å². The van der Waals surface area contributed by atoms with Gasteiger partial charge >= 0.3 is 5.69 Å². The molecule has 0 aliphatic carbocycles. The summed E-state index contributed by atoms with van der Waals surface area (Å²) in [5.74, 6) is 0.711. The molecule has 4 aromatic rings. The minimum Gasteiger partial charge on any atom is -0.314 e. The number of imidazole rings is 2. The number of hydrogen-bond acceptors (Lipinski definition) is 3. The molecule has 0 saturated carbocycles. The highest BCUT2D eigenvalue weighted by Crippen LogP contribution is 2.17. The van der Waals surface area contributed by atoms with Gasteiger partial charge in [-0.25, -0.2) is 4.79 Å². The normalized spacial score (nSPS) is 11.8. The molecule has 0 amide bonds. The van der Waals surface area contributed by atoms with Crippen LogP contribution in [0, 0.1) is 20.8 Å². The van der Waals surface area contributed by atoms with Gasteiger partial charge in [-0.15, -0.1) is 0 Å². The number of unbranched alkanes of at least 4 members (excludes halogenated alkanes) is 1. The Morgan fingerprint density at radius 3 is 2.55 bits per heavy atom. The zero-order valence-corrected chi connectivity index (χ0v) is 17.7. The van der Waals surface area contributed by atoms with Crippen LogP contribution in [0.5, 0.6) is 0 Å². The molecule has 0 radical (unpaired) electrons. The number of aromatic nitrogens is 5. The molecule has 7 nitrogen and oxygen atoms in total. The van der Waals surface area contributed by atoms with Crippen molar-refractivity contribution in [2.75, 3.05) is 0 Å². The predicted octanol–water partition coefficient (Wildman–Crippen LogP) is 2.92. The standard InChI is InChI=1S/C22H27N5O2/c1-6-7-10-25-16(4)12-26-18-19(23-21(25)26)24(5)22(29)27(20(18)28)13-17-11-14(2)8-9-15(17)3/h8-9,11-12H,6-7,10,13H2,1-5H3. The summed E-state index contributed by atoms with van der Waals surface area (Å²) in [6, 6.07) is 6.08. The minimum atomic E-state index is -0.346. The van der Waals surface area contributed by atoms with E-state index in [2.05, 4.69) is 16.5 Å². The first-order valence-corrected chi connectivity index (χ1v) is 10.1. The summed E-state index contributed by atoms with van der Waals surface area (Å²) in [4.78, 5) is 31.1. The maximum absolute atomic E-state index is 13.4. The Bertz CT molecular complexity index is 1350. The van der Waals surface area contributed by atoms with Gasteiger partial charge in [0.2, 0.25) is 5.78 Å². The van der Waals surface area contributed by atoms with E-state index in [9.17, 15) is 9.59 Å². The average molecular weight is 393 g/mol. The lowest BCUT2D eigenvalue weighted by molar-refractivity contribution is 0.631. The van der Waals surface area contributed by atoms with Crippen molar-refractivity contribution in [3.8, 4) is 0 Å². The van der Waals surface area contributed by atoms with E-state index < -0.39 is 0 Å². The summed E-state index contributed by atoms with van der Waals surface area (Å²) in [6.45, 7) is 9.26. The molecule has 0 unspecified atom stereocenters. The topological polar surface area (TPSA) is 66.2 Å². The largest absolute Gasteiger partial charge is 0.332 e. The van der Waals surface area contributed by atoms with Crippen LogP contribution in [0.1, 0.15) is 42.1 Å². The Morgan fingerprint density at radius 1 is 1.07 bits per heavy atom. The molecule has 0 aliphatic heterocycles. The van der Waals surface area contributed by atoms with Crippen molar-refractivity contribution in [2.45, 2.75) is 53.6 Å². The summed E-state index contributed by atoms with van der Waals surface area (Å²) < 4.78 is 6.75. The lowest BCUT2D eigenvalue weighted by Crippen LogP contribution is -2.39. The van der Waals surface area contributed by atoms with Gasteiger partial charge in [-0.2, -0.15) is 4.98 Å². The quantitative estimate of drug-likeness (QED) is 0.524. The molecule has 3 heterocycles. The van der Waals surface area contributed by atoms with E-state index >= 15 is 0 Å². The summed E-state index contributed by atoms with van der Waals surface area (Å²) in [7, 11) is 1.68. The van der Waals surface area contributed by atoms with Gasteiger partial charge < -0.3 is 4.57 Å². The van der Waals surface area contributed by atoms with Crippen molar-refractivity contribution in [3.05, 3.63) is 67.6 Å². The van der Waals surface area contributed by atoms with E-state index in [0.717, 1.165) is 41.8 Å². The third kappa shape index (κ3) is 3.01. The summed E-state index contributed by atoms with van der Waals surface area (Å²) in [6.07, 6.45) is 4.05. The second-order valence-electron chi connectivity index (χ2n) is 7.89. The Morgan fingerprint density at radius 2 is 1.83 bits per heavy atom. The van der Waals surface area contributed by atoms with E-state index in [0.29, 0.717) is 16.9 Å². The summed E-state index contributed by atoms with van der Waals surface area (Å²) in [5.41, 5.74) is 4.42. The fourth-order valence-electron chi connectivity index (χ4n) is 3.93.